The van der Waals surface area contributed by atoms with Crippen LogP contribution in [0.1, 0.15) is 19.1 Å². The molecule has 3 heteroatoms. The van der Waals surface area contributed by atoms with Crippen molar-refractivity contribution in [3.8, 4) is 0 Å². The topological polar surface area (TPSA) is 33.4 Å². The second kappa shape index (κ2) is 4.48. The molecule has 66 valence electrons. The van der Waals surface area contributed by atoms with Crippen molar-refractivity contribution < 1.29 is 9.52 Å². The number of rotatable bonds is 3. The number of halogens is 1. The van der Waals surface area contributed by atoms with Crippen molar-refractivity contribution in [2.24, 2.45) is 0 Å². The fourth-order valence-corrected chi connectivity index (χ4v) is 1.17. The molecule has 1 aromatic heterocycles. The molecule has 1 heterocycles. The highest BCUT2D eigenvalue weighted by Gasteiger charge is 2.00. The molecule has 0 saturated heterocycles. The minimum absolute atomic E-state index is 0.0869. The van der Waals surface area contributed by atoms with Gasteiger partial charge in [0.2, 0.25) is 0 Å². The van der Waals surface area contributed by atoms with Gasteiger partial charge in [-0.15, -0.1) is 0 Å². The first-order valence-corrected chi connectivity index (χ1v) is 4.60. The number of aliphatic hydroxyl groups is 1. The smallest absolute Gasteiger partial charge is 0.140 e. The van der Waals surface area contributed by atoms with Gasteiger partial charge in [0.05, 0.1) is 17.3 Å². The Morgan fingerprint density at radius 2 is 2.50 bits per heavy atom. The van der Waals surface area contributed by atoms with Gasteiger partial charge in [-0.25, -0.2) is 0 Å². The maximum Gasteiger partial charge on any atom is 0.140 e. The lowest BCUT2D eigenvalue weighted by Crippen LogP contribution is -1.87. The Morgan fingerprint density at radius 1 is 1.75 bits per heavy atom. The van der Waals surface area contributed by atoms with E-state index in [0.717, 1.165) is 22.2 Å². The van der Waals surface area contributed by atoms with Gasteiger partial charge in [0.25, 0.3) is 0 Å². The van der Waals surface area contributed by atoms with E-state index in [0.29, 0.717) is 0 Å². The molecular weight excluding hydrogens is 220 g/mol. The lowest BCUT2D eigenvalue weighted by molar-refractivity contribution is 0.328. The van der Waals surface area contributed by atoms with Crippen LogP contribution < -0.4 is 0 Å². The Kier molecular flexibility index (Phi) is 3.56. The lowest BCUT2D eigenvalue weighted by atomic mass is 10.2. The predicted molar refractivity (Wildman–Crippen MR) is 51.8 cm³/mol. The van der Waals surface area contributed by atoms with Crippen LogP contribution in [0, 0.1) is 0 Å². The van der Waals surface area contributed by atoms with Crippen molar-refractivity contribution in [3.05, 3.63) is 28.1 Å². The molecule has 1 aromatic rings. The van der Waals surface area contributed by atoms with Crippen LogP contribution in [-0.4, -0.2) is 11.7 Å². The quantitative estimate of drug-likeness (QED) is 0.867. The summed E-state index contributed by atoms with van der Waals surface area (Å²) < 4.78 is 6.08. The van der Waals surface area contributed by atoms with Crippen molar-refractivity contribution in [3.63, 3.8) is 0 Å². The van der Waals surface area contributed by atoms with Crippen LogP contribution in [0.2, 0.25) is 0 Å². The van der Waals surface area contributed by atoms with Crippen LogP contribution in [0.3, 0.4) is 0 Å². The van der Waals surface area contributed by atoms with E-state index < -0.39 is 0 Å². The molecule has 2 nitrogen and oxygen atoms in total. The van der Waals surface area contributed by atoms with E-state index in [1.807, 2.05) is 19.1 Å². The van der Waals surface area contributed by atoms with Gasteiger partial charge >= 0.3 is 0 Å². The second-order valence-electron chi connectivity index (χ2n) is 2.45. The number of aliphatic hydroxyl groups excluding tert-OH is 1. The van der Waals surface area contributed by atoms with Crippen molar-refractivity contribution >= 4 is 22.0 Å². The molecule has 1 N–H and O–H groups in total. The normalized spacial score (nSPS) is 12.1. The lowest BCUT2D eigenvalue weighted by Gasteiger charge is -1.97. The molecule has 0 radical (unpaired) electrons. The average Bonchev–Trinajstić information content (AvgIpc) is 2.47. The largest absolute Gasteiger partial charge is 0.464 e. The van der Waals surface area contributed by atoms with E-state index in [9.17, 15) is 0 Å². The van der Waals surface area contributed by atoms with E-state index in [1.165, 1.54) is 0 Å². The summed E-state index contributed by atoms with van der Waals surface area (Å²) in [6, 6.07) is 1.83. The zero-order valence-corrected chi connectivity index (χ0v) is 8.47. The van der Waals surface area contributed by atoms with Crippen molar-refractivity contribution in [2.45, 2.75) is 13.3 Å². The minimum Gasteiger partial charge on any atom is -0.464 e. The van der Waals surface area contributed by atoms with Crippen molar-refractivity contribution in [1.82, 2.24) is 0 Å². The van der Waals surface area contributed by atoms with Gasteiger partial charge in [-0.05, 0) is 40.1 Å². The Morgan fingerprint density at radius 3 is 2.92 bits per heavy atom. The van der Waals surface area contributed by atoms with Crippen LogP contribution in [-0.2, 0) is 0 Å². The van der Waals surface area contributed by atoms with E-state index in [-0.39, 0.29) is 6.61 Å². The van der Waals surface area contributed by atoms with Gasteiger partial charge in [-0.2, -0.15) is 0 Å². The van der Waals surface area contributed by atoms with Gasteiger partial charge < -0.3 is 9.52 Å². The highest BCUT2D eigenvalue weighted by Crippen LogP contribution is 2.20. The molecule has 0 bridgehead atoms. The maximum absolute atomic E-state index is 8.89. The molecular formula is C9H11BrO2. The molecule has 0 atom stereocenters. The molecule has 0 aliphatic rings. The second-order valence-corrected chi connectivity index (χ2v) is 3.30. The number of hydrogen-bond donors (Lipinski definition) is 1. The highest BCUT2D eigenvalue weighted by atomic mass is 79.9. The average molecular weight is 231 g/mol. The summed E-state index contributed by atoms with van der Waals surface area (Å²) in [5.41, 5.74) is 0.964. The molecule has 0 saturated carbocycles. The van der Waals surface area contributed by atoms with Gasteiger partial charge in [-0.1, -0.05) is 6.92 Å². The molecule has 0 aromatic carbocycles. The molecule has 0 amide bonds. The van der Waals surface area contributed by atoms with E-state index in [2.05, 4.69) is 15.9 Å². The van der Waals surface area contributed by atoms with Crippen LogP contribution >= 0.6 is 15.9 Å². The first-order chi connectivity index (χ1) is 5.77. The Labute approximate surface area is 80.0 Å². The highest BCUT2D eigenvalue weighted by molar-refractivity contribution is 9.10. The summed E-state index contributed by atoms with van der Waals surface area (Å²) in [4.78, 5) is 0. The third-order valence-corrected chi connectivity index (χ3v) is 2.29. The van der Waals surface area contributed by atoms with E-state index >= 15 is 0 Å². The zero-order chi connectivity index (χ0) is 8.97. The summed E-state index contributed by atoms with van der Waals surface area (Å²) in [6.07, 6.45) is 4.30. The number of furan rings is 1. The predicted octanol–water partition coefficient (Wildman–Crippen LogP) is 2.83. The standard InChI is InChI=1S/C9H11BrO2/c1-2-7(6-11)5-9-8(10)3-4-12-9/h3-5,11H,2,6H2,1H3/b7-5-. The third kappa shape index (κ3) is 2.22. The SMILES string of the molecule is CC/C(=C/c1occc1Br)CO. The Balaban J connectivity index is 2.85. The summed E-state index contributed by atoms with van der Waals surface area (Å²) in [7, 11) is 0. The summed E-state index contributed by atoms with van der Waals surface area (Å²) in [6.45, 7) is 2.09. The van der Waals surface area contributed by atoms with Crippen LogP contribution in [0.15, 0.2) is 26.8 Å². The van der Waals surface area contributed by atoms with Crippen LogP contribution in [0.4, 0.5) is 0 Å². The minimum atomic E-state index is 0.0869. The molecule has 0 fully saturated rings. The fraction of sp³-hybridized carbons (Fsp3) is 0.333. The van der Waals surface area contributed by atoms with Gasteiger partial charge in [0, 0.05) is 0 Å². The molecule has 0 aliphatic heterocycles. The number of hydrogen-bond acceptors (Lipinski definition) is 2. The van der Waals surface area contributed by atoms with Gasteiger partial charge in [0.1, 0.15) is 5.76 Å². The Bertz CT molecular complexity index is 270. The van der Waals surface area contributed by atoms with E-state index in [1.54, 1.807) is 6.26 Å². The van der Waals surface area contributed by atoms with Crippen LogP contribution in [0.25, 0.3) is 6.08 Å². The zero-order valence-electron chi connectivity index (χ0n) is 6.88. The summed E-state index contributed by atoms with van der Waals surface area (Å²) >= 11 is 3.33. The maximum atomic E-state index is 8.89. The van der Waals surface area contributed by atoms with Gasteiger partial charge in [-0.3, -0.25) is 0 Å². The summed E-state index contributed by atoms with van der Waals surface area (Å²) in [5.74, 6) is 0.765. The third-order valence-electron chi connectivity index (χ3n) is 1.64. The first kappa shape index (κ1) is 9.55. The molecule has 12 heavy (non-hydrogen) atoms. The molecule has 0 spiro atoms. The Hall–Kier alpha value is -0.540. The first-order valence-electron chi connectivity index (χ1n) is 3.81. The molecule has 1 rings (SSSR count). The van der Waals surface area contributed by atoms with Crippen LogP contribution in [0.5, 0.6) is 0 Å². The molecule has 0 aliphatic carbocycles. The van der Waals surface area contributed by atoms with Gasteiger partial charge in [0.15, 0.2) is 0 Å². The van der Waals surface area contributed by atoms with Crippen molar-refractivity contribution in [2.75, 3.05) is 6.61 Å². The summed E-state index contributed by atoms with van der Waals surface area (Å²) in [5, 5.41) is 8.89. The van der Waals surface area contributed by atoms with E-state index in [4.69, 9.17) is 9.52 Å². The fourth-order valence-electron chi connectivity index (χ4n) is 0.853. The monoisotopic (exact) mass is 230 g/mol. The van der Waals surface area contributed by atoms with Crippen molar-refractivity contribution in [1.29, 1.82) is 0 Å². The molecule has 0 unspecified atom stereocenters.